The van der Waals surface area contributed by atoms with Gasteiger partial charge in [-0.15, -0.1) is 0 Å². The van der Waals surface area contributed by atoms with E-state index in [0.29, 0.717) is 35.8 Å². The lowest BCUT2D eigenvalue weighted by molar-refractivity contribution is -0.906. The molecule has 3 rings (SSSR count). The van der Waals surface area contributed by atoms with Gasteiger partial charge >= 0.3 is 5.97 Å². The molecule has 0 fully saturated rings. The van der Waals surface area contributed by atoms with Gasteiger partial charge in [-0.05, 0) is 68.7 Å². The number of nitrogens with zero attached hydrogens (tertiary/aromatic N) is 1. The van der Waals surface area contributed by atoms with Crippen molar-refractivity contribution < 1.29 is 40.5 Å². The van der Waals surface area contributed by atoms with Crippen LogP contribution in [0.4, 0.5) is 5.69 Å². The van der Waals surface area contributed by atoms with Gasteiger partial charge in [0.05, 0.1) is 37.9 Å². The number of para-hydroxylation sites is 1. The van der Waals surface area contributed by atoms with Gasteiger partial charge in [0.2, 0.25) is 0 Å². The molecule has 0 aliphatic heterocycles. The van der Waals surface area contributed by atoms with E-state index in [0.717, 1.165) is 37.0 Å². The third-order valence-electron chi connectivity index (χ3n) is 6.61. The number of ether oxygens (including phenoxy) is 2. The average molecular weight is 570 g/mol. The van der Waals surface area contributed by atoms with E-state index in [1.807, 2.05) is 30.3 Å². The van der Waals surface area contributed by atoms with Crippen molar-refractivity contribution in [3.8, 4) is 5.75 Å². The lowest BCUT2D eigenvalue weighted by Crippen LogP contribution is -3.00. The number of esters is 1. The fourth-order valence-electron chi connectivity index (χ4n) is 3.75. The van der Waals surface area contributed by atoms with Gasteiger partial charge in [-0.2, -0.15) is 0 Å². The van der Waals surface area contributed by atoms with Crippen molar-refractivity contribution in [3.63, 3.8) is 0 Å². The zero-order valence-electron chi connectivity index (χ0n) is 21.9. The number of carbonyl (C=O) groups excluding carboxylic acids is 2. The molecule has 0 aromatic heterocycles. The zero-order valence-corrected chi connectivity index (χ0v) is 23.5. The summed E-state index contributed by atoms with van der Waals surface area (Å²) in [5.74, 6) is -0.0751. The molecular formula is C30H37BrN2O4. The Morgan fingerprint density at radius 2 is 1.49 bits per heavy atom. The molecule has 0 spiro atoms. The fraction of sp³-hybridized carbons (Fsp3) is 0.333. The molecule has 0 bridgehead atoms. The summed E-state index contributed by atoms with van der Waals surface area (Å²) in [4.78, 5) is 25.3. The number of quaternary nitrogens is 1. The largest absolute Gasteiger partial charge is 1.00 e. The van der Waals surface area contributed by atoms with Crippen molar-refractivity contribution in [1.82, 2.24) is 0 Å². The molecule has 3 aromatic rings. The Morgan fingerprint density at radius 1 is 0.838 bits per heavy atom. The number of nitrogens with one attached hydrogen (secondary N) is 1. The van der Waals surface area contributed by atoms with Crippen molar-refractivity contribution in [2.24, 2.45) is 0 Å². The van der Waals surface area contributed by atoms with Crippen LogP contribution in [0, 0.1) is 0 Å². The van der Waals surface area contributed by atoms with E-state index in [2.05, 4.69) is 38.3 Å². The van der Waals surface area contributed by atoms with Crippen molar-refractivity contribution >= 4 is 17.6 Å². The highest BCUT2D eigenvalue weighted by Gasteiger charge is 2.18. The highest BCUT2D eigenvalue weighted by molar-refractivity contribution is 6.06. The minimum absolute atomic E-state index is 0. The minimum atomic E-state index is -0.360. The standard InChI is InChI=1S/C30H36N2O4.BrH/c1-4-32(3,5-2)21-23-36-30(34)25-17-19-26(20-18-25)31-29(33)27-15-9-10-16-28(27)35-22-11-14-24-12-7-6-8-13-24;/h6-10,12-13,15-20H,4-5,11,14,21-23H2,1-3H3;1H. The summed E-state index contributed by atoms with van der Waals surface area (Å²) >= 11 is 0. The molecule has 0 saturated heterocycles. The number of hydrogen-bond donors (Lipinski definition) is 1. The third-order valence-corrected chi connectivity index (χ3v) is 6.61. The molecule has 6 nitrogen and oxygen atoms in total. The summed E-state index contributed by atoms with van der Waals surface area (Å²) in [6.45, 7) is 7.92. The molecular weight excluding hydrogens is 532 g/mol. The first-order valence-corrected chi connectivity index (χ1v) is 12.6. The highest BCUT2D eigenvalue weighted by atomic mass is 79.9. The Bertz CT molecular complexity index is 1120. The van der Waals surface area contributed by atoms with Crippen LogP contribution in [0.1, 0.15) is 46.5 Å². The van der Waals surface area contributed by atoms with Crippen LogP contribution in [-0.2, 0) is 11.2 Å². The van der Waals surface area contributed by atoms with Gasteiger partial charge in [-0.25, -0.2) is 4.79 Å². The Balaban J connectivity index is 0.00000481. The quantitative estimate of drug-likeness (QED) is 0.195. The number of rotatable bonds is 13. The Hall–Kier alpha value is -3.16. The first kappa shape index (κ1) is 30.1. The molecule has 0 aliphatic rings. The summed E-state index contributed by atoms with van der Waals surface area (Å²) < 4.78 is 12.2. The van der Waals surface area contributed by atoms with Crippen LogP contribution in [0.2, 0.25) is 0 Å². The fourth-order valence-corrected chi connectivity index (χ4v) is 3.75. The lowest BCUT2D eigenvalue weighted by atomic mass is 10.1. The Kier molecular flexibility index (Phi) is 12.3. The van der Waals surface area contributed by atoms with Crippen LogP contribution in [0.15, 0.2) is 78.9 Å². The van der Waals surface area contributed by atoms with Gasteiger partial charge in [0.15, 0.2) is 0 Å². The van der Waals surface area contributed by atoms with E-state index in [9.17, 15) is 9.59 Å². The van der Waals surface area contributed by atoms with Crippen molar-refractivity contribution in [2.75, 3.05) is 45.2 Å². The average Bonchev–Trinajstić information content (AvgIpc) is 2.92. The summed E-state index contributed by atoms with van der Waals surface area (Å²) in [7, 11) is 2.15. The molecule has 1 amide bonds. The molecule has 198 valence electrons. The van der Waals surface area contributed by atoms with Gasteiger partial charge in [-0.3, -0.25) is 4.79 Å². The molecule has 0 aliphatic carbocycles. The van der Waals surface area contributed by atoms with Crippen LogP contribution in [0.25, 0.3) is 0 Å². The van der Waals surface area contributed by atoms with Crippen molar-refractivity contribution in [2.45, 2.75) is 26.7 Å². The zero-order chi connectivity index (χ0) is 25.8. The predicted octanol–water partition coefficient (Wildman–Crippen LogP) is 2.60. The molecule has 3 aromatic carbocycles. The van der Waals surface area contributed by atoms with E-state index in [1.165, 1.54) is 5.56 Å². The maximum Gasteiger partial charge on any atom is 0.338 e. The first-order valence-electron chi connectivity index (χ1n) is 12.6. The summed E-state index contributed by atoms with van der Waals surface area (Å²) in [5.41, 5.74) is 2.78. The van der Waals surface area contributed by atoms with E-state index in [4.69, 9.17) is 9.47 Å². The van der Waals surface area contributed by atoms with Crippen LogP contribution in [0.3, 0.4) is 0 Å². The van der Waals surface area contributed by atoms with Gasteiger partial charge in [0.25, 0.3) is 5.91 Å². The second-order valence-electron chi connectivity index (χ2n) is 9.08. The molecule has 1 N–H and O–H groups in total. The number of hydrogen-bond acceptors (Lipinski definition) is 4. The van der Waals surface area contributed by atoms with Gasteiger partial charge in [0, 0.05) is 5.69 Å². The van der Waals surface area contributed by atoms with E-state index in [-0.39, 0.29) is 28.9 Å². The molecule has 0 heterocycles. The highest BCUT2D eigenvalue weighted by Crippen LogP contribution is 2.21. The number of aryl methyl sites for hydroxylation is 1. The predicted molar refractivity (Wildman–Crippen MR) is 144 cm³/mol. The minimum Gasteiger partial charge on any atom is -1.00 e. The van der Waals surface area contributed by atoms with E-state index < -0.39 is 0 Å². The number of benzene rings is 3. The summed E-state index contributed by atoms with van der Waals surface area (Å²) in [5, 5.41) is 2.89. The Morgan fingerprint density at radius 3 is 2.16 bits per heavy atom. The van der Waals surface area contributed by atoms with Crippen LogP contribution >= 0.6 is 0 Å². The monoisotopic (exact) mass is 568 g/mol. The number of anilines is 1. The van der Waals surface area contributed by atoms with Crippen LogP contribution in [0.5, 0.6) is 5.75 Å². The maximum absolute atomic E-state index is 12.9. The second-order valence-corrected chi connectivity index (χ2v) is 9.08. The summed E-state index contributed by atoms with van der Waals surface area (Å²) in [6.07, 6.45) is 1.77. The molecule has 37 heavy (non-hydrogen) atoms. The summed E-state index contributed by atoms with van der Waals surface area (Å²) in [6, 6.07) is 24.2. The van der Waals surface area contributed by atoms with Crippen molar-refractivity contribution in [3.05, 3.63) is 95.6 Å². The number of likely N-dealkylation sites (N-methyl/N-ethyl adjacent to an activating group) is 1. The topological polar surface area (TPSA) is 64.6 Å². The van der Waals surface area contributed by atoms with Crippen LogP contribution < -0.4 is 27.0 Å². The smallest absolute Gasteiger partial charge is 0.338 e. The molecule has 0 radical (unpaired) electrons. The lowest BCUT2D eigenvalue weighted by Gasteiger charge is -2.31. The number of amides is 1. The van der Waals surface area contributed by atoms with Gasteiger partial charge in [0.1, 0.15) is 18.9 Å². The third kappa shape index (κ3) is 9.34. The second kappa shape index (κ2) is 15.2. The Labute approximate surface area is 231 Å². The molecule has 0 atom stereocenters. The van der Waals surface area contributed by atoms with Gasteiger partial charge < -0.3 is 36.3 Å². The molecule has 0 saturated carbocycles. The SMILES string of the molecule is CC[N+](C)(CC)CCOC(=O)c1ccc(NC(=O)c2ccccc2OCCCc2ccccc2)cc1.[Br-]. The first-order chi connectivity index (χ1) is 17.4. The van der Waals surface area contributed by atoms with E-state index in [1.54, 1.807) is 36.4 Å². The normalized spacial score (nSPS) is 10.8. The van der Waals surface area contributed by atoms with E-state index >= 15 is 0 Å². The molecule has 7 heteroatoms. The van der Waals surface area contributed by atoms with Crippen LogP contribution in [-0.4, -0.2) is 56.3 Å². The molecule has 0 unspecified atom stereocenters. The number of carbonyl (C=O) groups is 2. The van der Waals surface area contributed by atoms with Gasteiger partial charge in [-0.1, -0.05) is 42.5 Å². The number of halogens is 1. The van der Waals surface area contributed by atoms with Crippen molar-refractivity contribution in [1.29, 1.82) is 0 Å². The maximum atomic E-state index is 12.9.